The van der Waals surface area contributed by atoms with Gasteiger partial charge in [-0.2, -0.15) is 11.8 Å². The first kappa shape index (κ1) is 14.1. The second kappa shape index (κ2) is 5.89. The van der Waals surface area contributed by atoms with Crippen LogP contribution in [0.1, 0.15) is 19.3 Å². The topological polar surface area (TPSA) is 68.1 Å². The fourth-order valence-electron chi connectivity index (χ4n) is 2.94. The number of nitro benzene ring substituents is 1. The monoisotopic (exact) mass is 303 g/mol. The van der Waals surface area contributed by atoms with Crippen molar-refractivity contribution in [2.45, 2.75) is 30.6 Å². The van der Waals surface area contributed by atoms with Gasteiger partial charge >= 0.3 is 0 Å². The van der Waals surface area contributed by atoms with Crippen molar-refractivity contribution < 1.29 is 4.92 Å². The highest BCUT2D eigenvalue weighted by Gasteiger charge is 2.25. The van der Waals surface area contributed by atoms with Gasteiger partial charge in [-0.3, -0.25) is 15.1 Å². The summed E-state index contributed by atoms with van der Waals surface area (Å²) in [7, 11) is 0. The van der Waals surface area contributed by atoms with Crippen LogP contribution in [0.4, 0.5) is 11.4 Å². The molecule has 0 radical (unpaired) electrons. The number of benzene rings is 1. The van der Waals surface area contributed by atoms with Gasteiger partial charge in [0.25, 0.3) is 5.69 Å². The maximum Gasteiger partial charge on any atom is 0.278 e. The number of thioether (sulfide) groups is 1. The van der Waals surface area contributed by atoms with Crippen LogP contribution in [-0.4, -0.2) is 27.5 Å². The van der Waals surface area contributed by atoms with Gasteiger partial charge in [-0.25, -0.2) is 0 Å². The molecule has 1 aromatic carbocycles. The zero-order chi connectivity index (χ0) is 14.8. The SMILES string of the molecule is CSC1CCC(Nc2ccc([N+](=O)[O-])c3cccnc23)C1. The average Bonchev–Trinajstić information content (AvgIpc) is 2.95. The fourth-order valence-corrected chi connectivity index (χ4v) is 3.74. The van der Waals surface area contributed by atoms with Crippen molar-refractivity contribution >= 4 is 34.0 Å². The van der Waals surface area contributed by atoms with Crippen molar-refractivity contribution in [3.63, 3.8) is 0 Å². The van der Waals surface area contributed by atoms with E-state index in [-0.39, 0.29) is 10.6 Å². The zero-order valence-corrected chi connectivity index (χ0v) is 12.6. The maximum absolute atomic E-state index is 11.1. The highest BCUT2D eigenvalue weighted by molar-refractivity contribution is 7.99. The molecular weight excluding hydrogens is 286 g/mol. The van der Waals surface area contributed by atoms with Crippen molar-refractivity contribution in [1.82, 2.24) is 4.98 Å². The maximum atomic E-state index is 11.1. The molecule has 5 nitrogen and oxygen atoms in total. The van der Waals surface area contributed by atoms with Gasteiger partial charge in [0.2, 0.25) is 0 Å². The summed E-state index contributed by atoms with van der Waals surface area (Å²) in [6.45, 7) is 0. The number of non-ortho nitro benzene ring substituents is 1. The third-order valence-electron chi connectivity index (χ3n) is 4.02. The standard InChI is InChI=1S/C15H17N3O2S/c1-21-11-5-4-10(9-11)17-13-6-7-14(18(19)20)12-3-2-8-16-15(12)13/h2-3,6-8,10-11,17H,4-5,9H2,1H3. The minimum Gasteiger partial charge on any atom is -0.381 e. The van der Waals surface area contributed by atoms with Crippen molar-refractivity contribution in [3.8, 4) is 0 Å². The molecule has 1 aromatic heterocycles. The van der Waals surface area contributed by atoms with E-state index in [2.05, 4.69) is 16.6 Å². The van der Waals surface area contributed by atoms with E-state index in [0.29, 0.717) is 22.2 Å². The third-order valence-corrected chi connectivity index (χ3v) is 5.12. The van der Waals surface area contributed by atoms with Crippen molar-refractivity contribution in [1.29, 1.82) is 0 Å². The molecule has 1 aliphatic rings. The Labute approximate surface area is 127 Å². The summed E-state index contributed by atoms with van der Waals surface area (Å²) in [4.78, 5) is 15.1. The van der Waals surface area contributed by atoms with Crippen LogP contribution in [0.2, 0.25) is 0 Å². The molecular formula is C15H17N3O2S. The Morgan fingerprint density at radius 2 is 2.24 bits per heavy atom. The van der Waals surface area contributed by atoms with Crippen molar-refractivity contribution in [3.05, 3.63) is 40.6 Å². The van der Waals surface area contributed by atoms with Gasteiger partial charge in [0.1, 0.15) is 5.52 Å². The number of nitrogens with zero attached hydrogens (tertiary/aromatic N) is 2. The van der Waals surface area contributed by atoms with E-state index >= 15 is 0 Å². The van der Waals surface area contributed by atoms with Crippen LogP contribution in [-0.2, 0) is 0 Å². The molecule has 2 unspecified atom stereocenters. The minimum atomic E-state index is -0.354. The Kier molecular flexibility index (Phi) is 3.96. The van der Waals surface area contributed by atoms with Crippen LogP contribution in [0.25, 0.3) is 10.9 Å². The molecule has 6 heteroatoms. The van der Waals surface area contributed by atoms with E-state index in [1.165, 1.54) is 6.42 Å². The first-order chi connectivity index (χ1) is 10.2. The molecule has 110 valence electrons. The molecule has 21 heavy (non-hydrogen) atoms. The molecule has 0 spiro atoms. The second-order valence-corrected chi connectivity index (χ2v) is 6.44. The Balaban J connectivity index is 1.93. The molecule has 1 fully saturated rings. The first-order valence-electron chi connectivity index (χ1n) is 7.00. The van der Waals surface area contributed by atoms with Gasteiger partial charge in [-0.15, -0.1) is 0 Å². The van der Waals surface area contributed by atoms with E-state index in [1.807, 2.05) is 11.8 Å². The predicted molar refractivity (Wildman–Crippen MR) is 87.0 cm³/mol. The van der Waals surface area contributed by atoms with Gasteiger partial charge in [-0.1, -0.05) is 0 Å². The molecule has 0 aliphatic heterocycles. The lowest BCUT2D eigenvalue weighted by Crippen LogP contribution is -2.16. The molecule has 0 bridgehead atoms. The normalized spacial score (nSPS) is 21.6. The Hall–Kier alpha value is -1.82. The van der Waals surface area contributed by atoms with Crippen molar-refractivity contribution in [2.24, 2.45) is 0 Å². The molecule has 1 heterocycles. The number of rotatable bonds is 4. The van der Waals surface area contributed by atoms with E-state index in [1.54, 1.807) is 30.5 Å². The van der Waals surface area contributed by atoms with Crippen LogP contribution >= 0.6 is 11.8 Å². The van der Waals surface area contributed by atoms with Crippen molar-refractivity contribution in [2.75, 3.05) is 11.6 Å². The van der Waals surface area contributed by atoms with Gasteiger partial charge in [0.05, 0.1) is 16.0 Å². The van der Waals surface area contributed by atoms with Crippen LogP contribution in [0.5, 0.6) is 0 Å². The number of hydrogen-bond donors (Lipinski definition) is 1. The summed E-state index contributed by atoms with van der Waals surface area (Å²) in [5, 5.41) is 15.9. The van der Waals surface area contributed by atoms with Crippen LogP contribution in [0.3, 0.4) is 0 Å². The highest BCUT2D eigenvalue weighted by Crippen LogP contribution is 2.34. The molecule has 1 saturated carbocycles. The summed E-state index contributed by atoms with van der Waals surface area (Å²) in [6, 6.07) is 7.26. The summed E-state index contributed by atoms with van der Waals surface area (Å²) in [5.41, 5.74) is 1.68. The summed E-state index contributed by atoms with van der Waals surface area (Å²) in [5.74, 6) is 0. The number of anilines is 1. The lowest BCUT2D eigenvalue weighted by molar-refractivity contribution is -0.383. The number of nitro groups is 1. The third kappa shape index (κ3) is 2.81. The highest BCUT2D eigenvalue weighted by atomic mass is 32.2. The smallest absolute Gasteiger partial charge is 0.278 e. The zero-order valence-electron chi connectivity index (χ0n) is 11.8. The van der Waals surface area contributed by atoms with E-state index in [0.717, 1.165) is 18.5 Å². The predicted octanol–water partition coefficient (Wildman–Crippen LogP) is 3.84. The van der Waals surface area contributed by atoms with Crippen LogP contribution < -0.4 is 5.32 Å². The van der Waals surface area contributed by atoms with Crippen LogP contribution in [0, 0.1) is 10.1 Å². The van der Waals surface area contributed by atoms with Gasteiger partial charge < -0.3 is 5.32 Å². The Bertz CT molecular complexity index is 677. The molecule has 0 saturated heterocycles. The minimum absolute atomic E-state index is 0.108. The Morgan fingerprint density at radius 3 is 2.95 bits per heavy atom. The first-order valence-corrected chi connectivity index (χ1v) is 8.29. The molecule has 0 amide bonds. The lowest BCUT2D eigenvalue weighted by atomic mass is 10.1. The number of aromatic nitrogens is 1. The second-order valence-electron chi connectivity index (χ2n) is 5.30. The molecule has 1 aliphatic carbocycles. The van der Waals surface area contributed by atoms with E-state index in [9.17, 15) is 10.1 Å². The fraction of sp³-hybridized carbons (Fsp3) is 0.400. The van der Waals surface area contributed by atoms with E-state index < -0.39 is 0 Å². The largest absolute Gasteiger partial charge is 0.381 e. The summed E-state index contributed by atoms with van der Waals surface area (Å²) in [6.07, 6.45) is 7.31. The average molecular weight is 303 g/mol. The molecule has 2 aromatic rings. The number of fused-ring (bicyclic) bond motifs is 1. The quantitative estimate of drug-likeness (QED) is 0.686. The lowest BCUT2D eigenvalue weighted by Gasteiger charge is -2.15. The molecule has 3 rings (SSSR count). The number of pyridine rings is 1. The van der Waals surface area contributed by atoms with Gasteiger partial charge in [0.15, 0.2) is 0 Å². The molecule has 2 atom stereocenters. The van der Waals surface area contributed by atoms with Gasteiger partial charge in [0, 0.05) is 23.6 Å². The summed E-state index contributed by atoms with van der Waals surface area (Å²) >= 11 is 1.91. The Morgan fingerprint density at radius 1 is 1.38 bits per heavy atom. The van der Waals surface area contributed by atoms with Crippen LogP contribution in [0.15, 0.2) is 30.5 Å². The van der Waals surface area contributed by atoms with E-state index in [4.69, 9.17) is 0 Å². The number of nitrogens with one attached hydrogen (secondary N) is 1. The summed E-state index contributed by atoms with van der Waals surface area (Å²) < 4.78 is 0. The molecule has 1 N–H and O–H groups in total. The number of hydrogen-bond acceptors (Lipinski definition) is 5. The van der Waals surface area contributed by atoms with Gasteiger partial charge in [-0.05, 0) is 43.7 Å².